The quantitative estimate of drug-likeness (QED) is 0.488. The Morgan fingerprint density at radius 3 is 2.28 bits per heavy atom. The standard InChI is InChI=1S/C21H15ClN2O/c22-16-12-10-15(11-13-16)21(25)24-20-17-8-4-5-9-18(17)23-19(20)14-6-2-1-3-7-14/h1-13,23H,(H,24,25). The van der Waals surface area contributed by atoms with Gasteiger partial charge in [-0.2, -0.15) is 0 Å². The highest BCUT2D eigenvalue weighted by Crippen LogP contribution is 2.35. The molecule has 0 fully saturated rings. The molecule has 0 atom stereocenters. The Balaban J connectivity index is 1.80. The van der Waals surface area contributed by atoms with Crippen molar-refractivity contribution < 1.29 is 4.79 Å². The number of carbonyl (C=O) groups excluding carboxylic acids is 1. The molecule has 3 nitrogen and oxygen atoms in total. The van der Waals surface area contributed by atoms with Crippen molar-refractivity contribution in [3.63, 3.8) is 0 Å². The van der Waals surface area contributed by atoms with E-state index in [1.165, 1.54) is 0 Å². The topological polar surface area (TPSA) is 44.9 Å². The van der Waals surface area contributed by atoms with E-state index in [-0.39, 0.29) is 5.91 Å². The SMILES string of the molecule is O=C(Nc1c(-c2ccccc2)[nH]c2ccccc12)c1ccc(Cl)cc1. The van der Waals surface area contributed by atoms with Gasteiger partial charge in [0.15, 0.2) is 0 Å². The molecule has 0 saturated heterocycles. The number of aromatic amines is 1. The summed E-state index contributed by atoms with van der Waals surface area (Å²) in [6.45, 7) is 0. The van der Waals surface area contributed by atoms with Gasteiger partial charge in [-0.1, -0.05) is 60.1 Å². The number of rotatable bonds is 3. The molecule has 2 N–H and O–H groups in total. The first-order chi connectivity index (χ1) is 12.2. The van der Waals surface area contributed by atoms with Gasteiger partial charge in [0.2, 0.25) is 0 Å². The van der Waals surface area contributed by atoms with E-state index in [0.29, 0.717) is 10.6 Å². The molecule has 0 radical (unpaired) electrons. The van der Waals surface area contributed by atoms with E-state index in [1.54, 1.807) is 24.3 Å². The summed E-state index contributed by atoms with van der Waals surface area (Å²) in [5.41, 5.74) is 4.23. The number of H-pyrrole nitrogens is 1. The van der Waals surface area contributed by atoms with Crippen LogP contribution in [0.2, 0.25) is 5.02 Å². The van der Waals surface area contributed by atoms with Crippen LogP contribution in [-0.2, 0) is 0 Å². The fraction of sp³-hybridized carbons (Fsp3) is 0. The fourth-order valence-electron chi connectivity index (χ4n) is 2.88. The molecule has 25 heavy (non-hydrogen) atoms. The lowest BCUT2D eigenvalue weighted by molar-refractivity contribution is 0.102. The zero-order valence-corrected chi connectivity index (χ0v) is 14.0. The average molecular weight is 347 g/mol. The van der Waals surface area contributed by atoms with Gasteiger partial charge in [0.05, 0.1) is 11.4 Å². The number of aromatic nitrogens is 1. The molecule has 1 aromatic heterocycles. The van der Waals surface area contributed by atoms with Crippen LogP contribution in [-0.4, -0.2) is 10.9 Å². The molecule has 0 saturated carbocycles. The van der Waals surface area contributed by atoms with Crippen molar-refractivity contribution in [2.75, 3.05) is 5.32 Å². The fourth-order valence-corrected chi connectivity index (χ4v) is 3.01. The molecule has 0 aliphatic rings. The lowest BCUT2D eigenvalue weighted by atomic mass is 10.1. The molecule has 0 aliphatic carbocycles. The summed E-state index contributed by atoms with van der Waals surface area (Å²) in [7, 11) is 0. The summed E-state index contributed by atoms with van der Waals surface area (Å²) >= 11 is 5.91. The normalized spacial score (nSPS) is 10.8. The lowest BCUT2D eigenvalue weighted by Crippen LogP contribution is -2.12. The Bertz CT molecular complexity index is 1040. The van der Waals surface area contributed by atoms with Gasteiger partial charge in [-0.15, -0.1) is 0 Å². The van der Waals surface area contributed by atoms with E-state index in [4.69, 9.17) is 11.6 Å². The third-order valence-electron chi connectivity index (χ3n) is 4.11. The number of benzene rings is 3. The van der Waals surface area contributed by atoms with Crippen molar-refractivity contribution >= 4 is 34.1 Å². The number of amides is 1. The van der Waals surface area contributed by atoms with Crippen molar-refractivity contribution in [2.24, 2.45) is 0 Å². The summed E-state index contributed by atoms with van der Waals surface area (Å²) in [5.74, 6) is -0.168. The molecule has 0 aliphatic heterocycles. The zero-order valence-electron chi connectivity index (χ0n) is 13.3. The first kappa shape index (κ1) is 15.5. The van der Waals surface area contributed by atoms with Gasteiger partial charge in [-0.05, 0) is 30.3 Å². The largest absolute Gasteiger partial charge is 0.353 e. The molecule has 4 aromatic rings. The molecule has 3 aromatic carbocycles. The molecule has 1 amide bonds. The first-order valence-electron chi connectivity index (χ1n) is 7.95. The Labute approximate surface area is 150 Å². The molecule has 0 spiro atoms. The van der Waals surface area contributed by atoms with E-state index < -0.39 is 0 Å². The third-order valence-corrected chi connectivity index (χ3v) is 4.37. The molecule has 1 heterocycles. The average Bonchev–Trinajstić information content (AvgIpc) is 3.02. The van der Waals surface area contributed by atoms with E-state index in [2.05, 4.69) is 10.3 Å². The van der Waals surface area contributed by atoms with Crippen LogP contribution in [0.25, 0.3) is 22.2 Å². The Hall–Kier alpha value is -3.04. The second-order valence-corrected chi connectivity index (χ2v) is 6.18. The second-order valence-electron chi connectivity index (χ2n) is 5.75. The van der Waals surface area contributed by atoms with Crippen molar-refractivity contribution in [2.45, 2.75) is 0 Å². The Morgan fingerprint density at radius 2 is 1.52 bits per heavy atom. The summed E-state index contributed by atoms with van der Waals surface area (Å²) in [5, 5.41) is 4.64. The molecule has 0 bridgehead atoms. The number of carbonyl (C=O) groups is 1. The highest BCUT2D eigenvalue weighted by Gasteiger charge is 2.16. The van der Waals surface area contributed by atoms with Gasteiger partial charge in [0.1, 0.15) is 0 Å². The van der Waals surface area contributed by atoms with Crippen LogP contribution in [0.1, 0.15) is 10.4 Å². The number of hydrogen-bond donors (Lipinski definition) is 2. The van der Waals surface area contributed by atoms with E-state index in [0.717, 1.165) is 27.8 Å². The third kappa shape index (κ3) is 3.02. The highest BCUT2D eigenvalue weighted by atomic mass is 35.5. The lowest BCUT2D eigenvalue weighted by Gasteiger charge is -2.08. The maximum Gasteiger partial charge on any atom is 0.255 e. The van der Waals surface area contributed by atoms with Crippen molar-refractivity contribution in [3.8, 4) is 11.3 Å². The number of nitrogens with one attached hydrogen (secondary N) is 2. The zero-order chi connectivity index (χ0) is 17.2. The predicted octanol–water partition coefficient (Wildman–Crippen LogP) is 5.74. The van der Waals surface area contributed by atoms with Crippen LogP contribution < -0.4 is 5.32 Å². The highest BCUT2D eigenvalue weighted by molar-refractivity contribution is 6.30. The van der Waals surface area contributed by atoms with Gasteiger partial charge in [-0.25, -0.2) is 0 Å². The van der Waals surface area contributed by atoms with E-state index in [9.17, 15) is 4.79 Å². The van der Waals surface area contributed by atoms with Gasteiger partial charge in [0.25, 0.3) is 5.91 Å². The maximum atomic E-state index is 12.7. The summed E-state index contributed by atoms with van der Waals surface area (Å²) in [6.07, 6.45) is 0. The Kier molecular flexibility index (Phi) is 4.00. The molecule has 122 valence electrons. The van der Waals surface area contributed by atoms with Crippen molar-refractivity contribution in [1.29, 1.82) is 0 Å². The van der Waals surface area contributed by atoms with Crippen LogP contribution in [0.5, 0.6) is 0 Å². The summed E-state index contributed by atoms with van der Waals surface area (Å²) in [6, 6.07) is 24.7. The van der Waals surface area contributed by atoms with Gasteiger partial charge < -0.3 is 10.3 Å². The molecular weight excluding hydrogens is 332 g/mol. The number of fused-ring (bicyclic) bond motifs is 1. The van der Waals surface area contributed by atoms with Crippen molar-refractivity contribution in [3.05, 3.63) is 89.4 Å². The summed E-state index contributed by atoms with van der Waals surface area (Å²) in [4.78, 5) is 16.1. The minimum Gasteiger partial charge on any atom is -0.353 e. The van der Waals surface area contributed by atoms with Crippen LogP contribution in [0.3, 0.4) is 0 Å². The minimum atomic E-state index is -0.168. The number of para-hydroxylation sites is 1. The van der Waals surface area contributed by atoms with Gasteiger partial charge in [-0.3, -0.25) is 4.79 Å². The minimum absolute atomic E-state index is 0.168. The molecule has 0 unspecified atom stereocenters. The van der Waals surface area contributed by atoms with Crippen LogP contribution >= 0.6 is 11.6 Å². The molecule has 4 heteroatoms. The second kappa shape index (κ2) is 6.46. The number of halogens is 1. The van der Waals surface area contributed by atoms with Crippen LogP contribution in [0.15, 0.2) is 78.9 Å². The maximum absolute atomic E-state index is 12.7. The van der Waals surface area contributed by atoms with E-state index in [1.807, 2.05) is 54.6 Å². The Morgan fingerprint density at radius 1 is 0.840 bits per heavy atom. The first-order valence-corrected chi connectivity index (χ1v) is 8.33. The van der Waals surface area contributed by atoms with Crippen LogP contribution in [0, 0.1) is 0 Å². The monoisotopic (exact) mass is 346 g/mol. The molecular formula is C21H15ClN2O. The van der Waals surface area contributed by atoms with E-state index >= 15 is 0 Å². The van der Waals surface area contributed by atoms with Crippen molar-refractivity contribution in [1.82, 2.24) is 4.98 Å². The predicted molar refractivity (Wildman–Crippen MR) is 103 cm³/mol. The van der Waals surface area contributed by atoms with Gasteiger partial charge >= 0.3 is 0 Å². The number of anilines is 1. The molecule has 4 rings (SSSR count). The summed E-state index contributed by atoms with van der Waals surface area (Å²) < 4.78 is 0. The van der Waals surface area contributed by atoms with Crippen LogP contribution in [0.4, 0.5) is 5.69 Å². The number of hydrogen-bond acceptors (Lipinski definition) is 1. The van der Waals surface area contributed by atoms with Gasteiger partial charge in [0, 0.05) is 27.1 Å². The smallest absolute Gasteiger partial charge is 0.255 e.